The average Bonchev–Trinajstić information content (AvgIpc) is 2.75. The molecule has 0 bridgehead atoms. The molecule has 2 aromatic rings. The Hall–Kier alpha value is -2.51. The van der Waals surface area contributed by atoms with E-state index < -0.39 is 5.82 Å². The molecule has 0 spiro atoms. The lowest BCUT2D eigenvalue weighted by Crippen LogP contribution is -2.52. The summed E-state index contributed by atoms with van der Waals surface area (Å²) in [6, 6.07) is 0.198. The van der Waals surface area contributed by atoms with Gasteiger partial charge in [-0.2, -0.15) is 0 Å². The van der Waals surface area contributed by atoms with E-state index in [1.807, 2.05) is 0 Å². The van der Waals surface area contributed by atoms with Gasteiger partial charge in [0, 0.05) is 13.1 Å². The summed E-state index contributed by atoms with van der Waals surface area (Å²) >= 11 is 0. The third-order valence-corrected chi connectivity index (χ3v) is 2.99. The van der Waals surface area contributed by atoms with Crippen LogP contribution in [0.1, 0.15) is 5.76 Å². The Bertz CT molecular complexity index is 621. The second-order valence-corrected chi connectivity index (χ2v) is 4.57. The molecule has 7 nitrogen and oxygen atoms in total. The van der Waals surface area contributed by atoms with Crippen molar-refractivity contribution in [2.75, 3.05) is 23.3 Å². The molecule has 0 atom stereocenters. The van der Waals surface area contributed by atoms with Gasteiger partial charge < -0.3 is 9.32 Å². The highest BCUT2D eigenvalue weighted by Gasteiger charge is 2.34. The van der Waals surface area contributed by atoms with Crippen molar-refractivity contribution in [2.24, 2.45) is 5.92 Å². The quantitative estimate of drug-likeness (QED) is 0.900. The molecule has 0 unspecified atom stereocenters. The van der Waals surface area contributed by atoms with Crippen LogP contribution in [0.5, 0.6) is 0 Å². The Labute approximate surface area is 113 Å². The minimum atomic E-state index is -0.483. The summed E-state index contributed by atoms with van der Waals surface area (Å²) in [7, 11) is 0. The van der Waals surface area contributed by atoms with E-state index in [4.69, 9.17) is 4.42 Å². The fraction of sp³-hybridized carbons (Fsp3) is 0.333. The van der Waals surface area contributed by atoms with Gasteiger partial charge in [-0.1, -0.05) is 0 Å². The van der Waals surface area contributed by atoms with Crippen LogP contribution in [0, 0.1) is 18.7 Å². The van der Waals surface area contributed by atoms with Gasteiger partial charge in [0.2, 0.25) is 11.9 Å². The number of hydrogen-bond donors (Lipinski definition) is 1. The Morgan fingerprint density at radius 2 is 2.05 bits per heavy atom. The van der Waals surface area contributed by atoms with E-state index in [1.165, 1.54) is 6.20 Å². The largest absolute Gasteiger partial charge is 0.429 e. The molecule has 0 aliphatic carbocycles. The molecule has 0 radical (unpaired) electrons. The fourth-order valence-corrected chi connectivity index (χ4v) is 1.90. The number of halogens is 1. The van der Waals surface area contributed by atoms with E-state index in [1.54, 1.807) is 11.8 Å². The maximum atomic E-state index is 12.7. The van der Waals surface area contributed by atoms with Crippen molar-refractivity contribution in [1.82, 2.24) is 15.0 Å². The van der Waals surface area contributed by atoms with Crippen LogP contribution in [0.25, 0.3) is 0 Å². The molecule has 1 aliphatic rings. The number of amides is 1. The first kappa shape index (κ1) is 12.5. The number of hydrogen-bond acceptors (Lipinski definition) is 6. The van der Waals surface area contributed by atoms with E-state index in [0.717, 1.165) is 12.4 Å². The first-order valence-corrected chi connectivity index (χ1v) is 6.07. The molecule has 3 rings (SSSR count). The maximum Gasteiger partial charge on any atom is 0.301 e. The van der Waals surface area contributed by atoms with Gasteiger partial charge in [-0.15, -0.1) is 0 Å². The zero-order chi connectivity index (χ0) is 14.1. The Morgan fingerprint density at radius 3 is 2.65 bits per heavy atom. The molecular formula is C12H12FN5O2. The molecule has 1 fully saturated rings. The number of oxazole rings is 1. The lowest BCUT2D eigenvalue weighted by molar-refractivity contribution is -0.120. The van der Waals surface area contributed by atoms with E-state index in [-0.39, 0.29) is 17.8 Å². The minimum absolute atomic E-state index is 0.162. The van der Waals surface area contributed by atoms with Crippen molar-refractivity contribution in [2.45, 2.75) is 6.92 Å². The van der Waals surface area contributed by atoms with Crippen LogP contribution in [-0.2, 0) is 4.79 Å². The van der Waals surface area contributed by atoms with E-state index in [0.29, 0.717) is 24.8 Å². The molecule has 104 valence electrons. The van der Waals surface area contributed by atoms with Crippen molar-refractivity contribution in [3.8, 4) is 0 Å². The van der Waals surface area contributed by atoms with E-state index >= 15 is 0 Å². The Balaban J connectivity index is 1.54. The van der Waals surface area contributed by atoms with Gasteiger partial charge in [0.1, 0.15) is 5.76 Å². The number of nitrogens with zero attached hydrogens (tertiary/aromatic N) is 4. The average molecular weight is 277 g/mol. The van der Waals surface area contributed by atoms with Gasteiger partial charge >= 0.3 is 6.01 Å². The zero-order valence-electron chi connectivity index (χ0n) is 10.7. The summed E-state index contributed by atoms with van der Waals surface area (Å²) < 4.78 is 17.9. The van der Waals surface area contributed by atoms with Gasteiger partial charge in [-0.25, -0.2) is 19.3 Å². The second-order valence-electron chi connectivity index (χ2n) is 4.57. The van der Waals surface area contributed by atoms with E-state index in [9.17, 15) is 9.18 Å². The molecule has 0 saturated carbocycles. The second kappa shape index (κ2) is 4.87. The van der Waals surface area contributed by atoms with Crippen molar-refractivity contribution in [3.63, 3.8) is 0 Å². The highest BCUT2D eigenvalue weighted by Crippen LogP contribution is 2.22. The summed E-state index contributed by atoms with van der Waals surface area (Å²) in [6.45, 7) is 2.72. The van der Waals surface area contributed by atoms with Gasteiger partial charge in [0.05, 0.1) is 24.5 Å². The summed E-state index contributed by atoms with van der Waals surface area (Å²) in [6.07, 6.45) is 3.74. The van der Waals surface area contributed by atoms with Crippen LogP contribution in [-0.4, -0.2) is 33.9 Å². The normalized spacial score (nSPS) is 15.0. The number of aromatic nitrogens is 3. The molecule has 1 amide bonds. The number of rotatable bonds is 3. The zero-order valence-corrected chi connectivity index (χ0v) is 10.7. The number of carbonyl (C=O) groups excluding carboxylic acids is 1. The van der Waals surface area contributed by atoms with Crippen LogP contribution in [0.3, 0.4) is 0 Å². The summed E-state index contributed by atoms with van der Waals surface area (Å²) in [5, 5.41) is 2.60. The van der Waals surface area contributed by atoms with Crippen molar-refractivity contribution >= 4 is 17.9 Å². The van der Waals surface area contributed by atoms with Crippen LogP contribution in [0.15, 0.2) is 23.0 Å². The number of anilines is 2. The van der Waals surface area contributed by atoms with E-state index in [2.05, 4.69) is 20.3 Å². The van der Waals surface area contributed by atoms with Gasteiger partial charge in [-0.3, -0.25) is 10.1 Å². The van der Waals surface area contributed by atoms with Gasteiger partial charge in [0.15, 0.2) is 5.82 Å². The number of aryl methyl sites for hydroxylation is 1. The molecule has 0 aromatic carbocycles. The van der Waals surface area contributed by atoms with Crippen LogP contribution in [0.4, 0.5) is 16.4 Å². The predicted octanol–water partition coefficient (Wildman–Crippen LogP) is 0.987. The lowest BCUT2D eigenvalue weighted by Gasteiger charge is -2.37. The highest BCUT2D eigenvalue weighted by molar-refractivity contribution is 5.92. The predicted molar refractivity (Wildman–Crippen MR) is 67.6 cm³/mol. The summed E-state index contributed by atoms with van der Waals surface area (Å²) in [5.74, 6) is 0.224. The fourth-order valence-electron chi connectivity index (χ4n) is 1.90. The number of carbonyl (C=O) groups is 1. The smallest absolute Gasteiger partial charge is 0.301 e. The highest BCUT2D eigenvalue weighted by atomic mass is 19.1. The van der Waals surface area contributed by atoms with Crippen LogP contribution >= 0.6 is 0 Å². The molecule has 1 N–H and O–H groups in total. The topological polar surface area (TPSA) is 84.2 Å². The molecule has 1 saturated heterocycles. The summed E-state index contributed by atoms with van der Waals surface area (Å²) in [4.78, 5) is 25.3. The van der Waals surface area contributed by atoms with Crippen LogP contribution < -0.4 is 10.2 Å². The molecule has 3 heterocycles. The Kier molecular flexibility index (Phi) is 3.05. The first-order chi connectivity index (χ1) is 9.61. The third kappa shape index (κ3) is 2.44. The van der Waals surface area contributed by atoms with Crippen molar-refractivity contribution in [3.05, 3.63) is 30.2 Å². The lowest BCUT2D eigenvalue weighted by atomic mass is 10.00. The van der Waals surface area contributed by atoms with Gasteiger partial charge in [-0.05, 0) is 6.92 Å². The SMILES string of the molecule is Cc1cnc(NC(=O)C2CN(c3ncc(F)cn3)C2)o1. The van der Waals surface area contributed by atoms with Gasteiger partial charge in [0.25, 0.3) is 0 Å². The summed E-state index contributed by atoms with van der Waals surface area (Å²) in [5.41, 5.74) is 0. The minimum Gasteiger partial charge on any atom is -0.429 e. The molecule has 8 heteroatoms. The molecule has 1 aliphatic heterocycles. The maximum absolute atomic E-state index is 12.7. The number of nitrogens with one attached hydrogen (secondary N) is 1. The molecule has 2 aromatic heterocycles. The standard InChI is InChI=1S/C12H12FN5O2/c1-7-2-16-12(20-7)17-10(19)8-5-18(6-8)11-14-3-9(13)4-15-11/h2-4,8H,5-6H2,1H3,(H,16,17,19). The Morgan fingerprint density at radius 1 is 1.35 bits per heavy atom. The first-order valence-electron chi connectivity index (χ1n) is 6.07. The monoisotopic (exact) mass is 277 g/mol. The van der Waals surface area contributed by atoms with Crippen molar-refractivity contribution in [1.29, 1.82) is 0 Å². The van der Waals surface area contributed by atoms with Crippen LogP contribution in [0.2, 0.25) is 0 Å². The molecular weight excluding hydrogens is 265 g/mol. The third-order valence-electron chi connectivity index (χ3n) is 2.99. The van der Waals surface area contributed by atoms with Crippen molar-refractivity contribution < 1.29 is 13.6 Å². The molecule has 20 heavy (non-hydrogen) atoms.